The molecule has 7 nitrogen and oxygen atoms in total. The molecule has 1 amide bonds. The van der Waals surface area contributed by atoms with E-state index in [-0.39, 0.29) is 23.3 Å². The number of methoxy groups -OCH3 is 1. The third kappa shape index (κ3) is 4.14. The summed E-state index contributed by atoms with van der Waals surface area (Å²) in [5.74, 6) is 0.305. The van der Waals surface area contributed by atoms with Crippen molar-refractivity contribution in [3.05, 3.63) is 48.3 Å². The van der Waals surface area contributed by atoms with E-state index in [0.717, 1.165) is 10.9 Å². The first-order valence-electron chi connectivity index (χ1n) is 9.00. The molecule has 1 atom stereocenters. The highest BCUT2D eigenvalue weighted by Gasteiger charge is 2.17. The zero-order valence-electron chi connectivity index (χ0n) is 16.3. The number of anilines is 1. The van der Waals surface area contributed by atoms with Crippen LogP contribution in [0.1, 0.15) is 31.3 Å². The number of aromatic nitrogens is 2. The lowest BCUT2D eigenvalue weighted by molar-refractivity contribution is 0.101. The predicted octanol–water partition coefficient (Wildman–Crippen LogP) is 4.02. The minimum atomic E-state index is -0.533. The molecule has 3 aromatic rings. The molecule has 28 heavy (non-hydrogen) atoms. The summed E-state index contributed by atoms with van der Waals surface area (Å²) in [6.07, 6.45) is 1.46. The summed E-state index contributed by atoms with van der Waals surface area (Å²) in [5, 5.41) is 13.7. The van der Waals surface area contributed by atoms with Crippen LogP contribution in [0.15, 0.2) is 42.6 Å². The molecule has 2 heterocycles. The molecule has 0 radical (unpaired) electrons. The van der Waals surface area contributed by atoms with Gasteiger partial charge < -0.3 is 19.9 Å². The zero-order chi connectivity index (χ0) is 20.3. The van der Waals surface area contributed by atoms with Gasteiger partial charge in [0.15, 0.2) is 17.2 Å². The molecule has 7 heteroatoms. The average Bonchev–Trinajstić information content (AvgIpc) is 2.68. The quantitative estimate of drug-likeness (QED) is 0.670. The summed E-state index contributed by atoms with van der Waals surface area (Å²) in [6, 6.07) is 10.5. The molecule has 0 saturated carbocycles. The summed E-state index contributed by atoms with van der Waals surface area (Å²) >= 11 is 0. The number of fused-ring (bicyclic) bond motifs is 1. The van der Waals surface area contributed by atoms with Gasteiger partial charge in [0.05, 0.1) is 18.7 Å². The number of pyridine rings is 2. The van der Waals surface area contributed by atoms with Crippen LogP contribution in [0.3, 0.4) is 0 Å². The Kier molecular flexibility index (Phi) is 5.63. The lowest BCUT2D eigenvalue weighted by Crippen LogP contribution is -2.19. The van der Waals surface area contributed by atoms with Crippen LogP contribution in [-0.4, -0.2) is 34.2 Å². The maximum absolute atomic E-state index is 12.5. The van der Waals surface area contributed by atoms with Gasteiger partial charge >= 0.3 is 0 Å². The summed E-state index contributed by atoms with van der Waals surface area (Å²) in [5.41, 5.74) is 1.21. The second-order valence-corrected chi connectivity index (χ2v) is 6.79. The van der Waals surface area contributed by atoms with Gasteiger partial charge in [-0.2, -0.15) is 0 Å². The van der Waals surface area contributed by atoms with Crippen LogP contribution < -0.4 is 14.8 Å². The fraction of sp³-hybridized carbons (Fsp3) is 0.286. The number of carbonyl (C=O) groups excluding carboxylic acids is 1. The van der Waals surface area contributed by atoms with Crippen LogP contribution in [0.25, 0.3) is 10.9 Å². The van der Waals surface area contributed by atoms with Gasteiger partial charge in [-0.15, -0.1) is 0 Å². The van der Waals surface area contributed by atoms with Crippen LogP contribution in [-0.2, 0) is 0 Å². The van der Waals surface area contributed by atoms with Crippen molar-refractivity contribution in [3.8, 4) is 17.4 Å². The monoisotopic (exact) mass is 381 g/mol. The number of hydrogen-bond acceptors (Lipinski definition) is 6. The molecule has 0 aliphatic carbocycles. The van der Waals surface area contributed by atoms with E-state index in [0.29, 0.717) is 17.5 Å². The molecule has 3 rings (SSSR count). The molecule has 0 bridgehead atoms. The Hall–Kier alpha value is -3.35. The van der Waals surface area contributed by atoms with Crippen molar-refractivity contribution in [1.29, 1.82) is 0 Å². The van der Waals surface area contributed by atoms with Crippen molar-refractivity contribution in [2.45, 2.75) is 26.9 Å². The third-order valence-electron chi connectivity index (χ3n) is 4.49. The number of rotatable bonds is 6. The van der Waals surface area contributed by atoms with Crippen LogP contribution in [0.2, 0.25) is 0 Å². The van der Waals surface area contributed by atoms with Gasteiger partial charge in [0.25, 0.3) is 5.91 Å². The molecule has 1 aromatic carbocycles. The molecule has 0 saturated heterocycles. The number of aromatic hydroxyl groups is 1. The first kappa shape index (κ1) is 19.4. The molecular formula is C21H23N3O4. The SMILES string of the molecule is COc1ccnc(C(=O)Nc2ccc3nc(OC(C)C(C)C)ccc3c2)c1O. The number of amides is 1. The minimum Gasteiger partial charge on any atom is -0.503 e. The largest absolute Gasteiger partial charge is 0.503 e. The van der Waals surface area contributed by atoms with Crippen LogP contribution in [0.4, 0.5) is 5.69 Å². The molecule has 2 N–H and O–H groups in total. The molecule has 0 fully saturated rings. The predicted molar refractivity (Wildman–Crippen MR) is 107 cm³/mol. The highest BCUT2D eigenvalue weighted by atomic mass is 16.5. The number of carbonyl (C=O) groups is 1. The molecule has 0 aliphatic rings. The Morgan fingerprint density at radius 3 is 2.64 bits per heavy atom. The molecule has 1 unspecified atom stereocenters. The maximum Gasteiger partial charge on any atom is 0.278 e. The summed E-state index contributed by atoms with van der Waals surface area (Å²) < 4.78 is 10.8. The normalized spacial score (nSPS) is 12.0. The average molecular weight is 381 g/mol. The van der Waals surface area contributed by atoms with E-state index in [2.05, 4.69) is 29.1 Å². The van der Waals surface area contributed by atoms with Gasteiger partial charge in [-0.05, 0) is 37.1 Å². The minimum absolute atomic E-state index is 0.0616. The van der Waals surface area contributed by atoms with E-state index in [4.69, 9.17) is 9.47 Å². The standard InChI is InChI=1S/C21H23N3O4/c1-12(2)13(3)28-18-8-5-14-11-15(6-7-16(14)24-18)23-21(26)19-20(25)17(27-4)9-10-22-19/h5-13,25H,1-4H3,(H,23,26). The van der Waals surface area contributed by atoms with Gasteiger partial charge in [0.2, 0.25) is 5.88 Å². The summed E-state index contributed by atoms with van der Waals surface area (Å²) in [6.45, 7) is 6.20. The molecule has 0 aliphatic heterocycles. The fourth-order valence-electron chi connectivity index (χ4n) is 2.53. The lowest BCUT2D eigenvalue weighted by atomic mass is 10.1. The zero-order valence-corrected chi connectivity index (χ0v) is 16.3. The van der Waals surface area contributed by atoms with E-state index in [1.54, 1.807) is 18.2 Å². The first-order valence-corrected chi connectivity index (χ1v) is 9.00. The number of ether oxygens (including phenoxy) is 2. The van der Waals surface area contributed by atoms with Crippen LogP contribution in [0, 0.1) is 5.92 Å². The number of nitrogens with one attached hydrogen (secondary N) is 1. The van der Waals surface area contributed by atoms with Crippen molar-refractivity contribution in [1.82, 2.24) is 9.97 Å². The van der Waals surface area contributed by atoms with Gasteiger partial charge in [-0.3, -0.25) is 4.79 Å². The second-order valence-electron chi connectivity index (χ2n) is 6.79. The first-order chi connectivity index (χ1) is 13.4. The van der Waals surface area contributed by atoms with E-state index in [1.165, 1.54) is 19.4 Å². The summed E-state index contributed by atoms with van der Waals surface area (Å²) in [4.78, 5) is 20.9. The Balaban J connectivity index is 1.80. The Morgan fingerprint density at radius 1 is 1.14 bits per heavy atom. The highest BCUT2D eigenvalue weighted by Crippen LogP contribution is 2.28. The van der Waals surface area contributed by atoms with Gasteiger partial charge in [0, 0.05) is 29.4 Å². The van der Waals surface area contributed by atoms with E-state index in [9.17, 15) is 9.90 Å². The Morgan fingerprint density at radius 2 is 1.93 bits per heavy atom. The number of benzene rings is 1. The number of nitrogens with zero attached hydrogens (tertiary/aromatic N) is 2. The Labute approximate surface area is 163 Å². The lowest BCUT2D eigenvalue weighted by Gasteiger charge is -2.17. The second kappa shape index (κ2) is 8.12. The van der Waals surface area contributed by atoms with Gasteiger partial charge in [-0.25, -0.2) is 9.97 Å². The molecule has 146 valence electrons. The Bertz CT molecular complexity index is 1000. The topological polar surface area (TPSA) is 93.6 Å². The van der Waals surface area contributed by atoms with Gasteiger partial charge in [0.1, 0.15) is 0 Å². The summed E-state index contributed by atoms with van der Waals surface area (Å²) in [7, 11) is 1.41. The number of hydrogen-bond donors (Lipinski definition) is 2. The van der Waals surface area contributed by atoms with Crippen molar-refractivity contribution >= 4 is 22.5 Å². The molecule has 2 aromatic heterocycles. The highest BCUT2D eigenvalue weighted by molar-refractivity contribution is 6.05. The van der Waals surface area contributed by atoms with Gasteiger partial charge in [-0.1, -0.05) is 13.8 Å². The molecule has 0 spiro atoms. The molecular weight excluding hydrogens is 358 g/mol. The fourth-order valence-corrected chi connectivity index (χ4v) is 2.53. The van der Waals surface area contributed by atoms with Crippen molar-refractivity contribution in [2.24, 2.45) is 5.92 Å². The van der Waals surface area contributed by atoms with E-state index in [1.807, 2.05) is 19.1 Å². The van der Waals surface area contributed by atoms with Crippen molar-refractivity contribution in [2.75, 3.05) is 12.4 Å². The van der Waals surface area contributed by atoms with Crippen LogP contribution in [0.5, 0.6) is 17.4 Å². The van der Waals surface area contributed by atoms with E-state index < -0.39 is 5.91 Å². The maximum atomic E-state index is 12.5. The van der Waals surface area contributed by atoms with Crippen molar-refractivity contribution < 1.29 is 19.4 Å². The smallest absolute Gasteiger partial charge is 0.278 e. The van der Waals surface area contributed by atoms with Crippen LogP contribution >= 0.6 is 0 Å². The van der Waals surface area contributed by atoms with E-state index >= 15 is 0 Å². The third-order valence-corrected chi connectivity index (χ3v) is 4.49. The van der Waals surface area contributed by atoms with Crippen molar-refractivity contribution in [3.63, 3.8) is 0 Å².